The van der Waals surface area contributed by atoms with Crippen molar-refractivity contribution in [3.05, 3.63) is 30.3 Å². The van der Waals surface area contributed by atoms with Gasteiger partial charge in [0.15, 0.2) is 9.84 Å². The molecule has 1 N–H and O–H groups in total. The van der Waals surface area contributed by atoms with E-state index in [-0.39, 0.29) is 17.9 Å². The minimum Gasteiger partial charge on any atom is -0.377 e. The van der Waals surface area contributed by atoms with Crippen molar-refractivity contribution in [3.63, 3.8) is 0 Å². The lowest BCUT2D eigenvalue weighted by molar-refractivity contribution is 0.0844. The Bertz CT molecular complexity index is 481. The summed E-state index contributed by atoms with van der Waals surface area (Å²) in [5, 5.41) is 3.25. The Morgan fingerprint density at radius 2 is 2.11 bits per heavy atom. The Kier molecular flexibility index (Phi) is 4.96. The first-order valence-electron chi connectivity index (χ1n) is 6.72. The van der Waals surface area contributed by atoms with Gasteiger partial charge in [0.25, 0.3) is 0 Å². The van der Waals surface area contributed by atoms with E-state index in [0.29, 0.717) is 11.4 Å². The minimum atomic E-state index is -3.18. The third-order valence-corrected chi connectivity index (χ3v) is 5.19. The van der Waals surface area contributed by atoms with Gasteiger partial charge in [-0.05, 0) is 31.9 Å². The van der Waals surface area contributed by atoms with E-state index in [0.717, 1.165) is 19.4 Å². The maximum atomic E-state index is 12.1. The molecule has 0 bridgehead atoms. The van der Waals surface area contributed by atoms with Crippen LogP contribution in [0.5, 0.6) is 0 Å². The lowest BCUT2D eigenvalue weighted by Crippen LogP contribution is -2.39. The number of nitrogens with one attached hydrogen (secondary N) is 1. The number of benzene rings is 1. The van der Waals surface area contributed by atoms with E-state index in [1.54, 1.807) is 24.3 Å². The fraction of sp³-hybridized carbons (Fsp3) is 0.571. The van der Waals surface area contributed by atoms with Crippen LogP contribution >= 0.6 is 0 Å². The van der Waals surface area contributed by atoms with E-state index in [2.05, 4.69) is 5.32 Å². The molecule has 4 nitrogen and oxygen atoms in total. The van der Waals surface area contributed by atoms with Crippen LogP contribution in [0.2, 0.25) is 0 Å². The molecule has 5 heteroatoms. The smallest absolute Gasteiger partial charge is 0.179 e. The van der Waals surface area contributed by atoms with Gasteiger partial charge in [0, 0.05) is 19.2 Å². The van der Waals surface area contributed by atoms with Gasteiger partial charge in [-0.2, -0.15) is 0 Å². The highest BCUT2D eigenvalue weighted by Crippen LogP contribution is 2.15. The highest BCUT2D eigenvalue weighted by atomic mass is 32.2. The molecule has 0 radical (unpaired) electrons. The SMILES string of the molecule is C[C@@H](NCCS(=O)(=O)c1ccccc1)[C@@H]1CCCO1. The van der Waals surface area contributed by atoms with Crippen LogP contribution in [0.3, 0.4) is 0 Å². The number of ether oxygens (including phenoxy) is 1. The van der Waals surface area contributed by atoms with Gasteiger partial charge >= 0.3 is 0 Å². The Balaban J connectivity index is 1.82. The third kappa shape index (κ3) is 4.03. The molecule has 1 aromatic carbocycles. The second-order valence-corrected chi connectivity index (χ2v) is 7.04. The molecule has 1 fully saturated rings. The molecule has 2 rings (SSSR count). The van der Waals surface area contributed by atoms with Gasteiger partial charge in [-0.25, -0.2) is 8.42 Å². The zero-order valence-corrected chi connectivity index (χ0v) is 12.0. The Morgan fingerprint density at radius 1 is 1.37 bits per heavy atom. The monoisotopic (exact) mass is 283 g/mol. The summed E-state index contributed by atoms with van der Waals surface area (Å²) < 4.78 is 29.7. The first kappa shape index (κ1) is 14.5. The van der Waals surface area contributed by atoms with E-state index in [1.807, 2.05) is 13.0 Å². The molecule has 1 saturated heterocycles. The largest absolute Gasteiger partial charge is 0.377 e. The van der Waals surface area contributed by atoms with Crippen LogP contribution in [-0.2, 0) is 14.6 Å². The minimum absolute atomic E-state index is 0.119. The van der Waals surface area contributed by atoms with Crippen LogP contribution in [-0.4, -0.2) is 39.5 Å². The molecule has 1 heterocycles. The maximum Gasteiger partial charge on any atom is 0.179 e. The number of hydrogen-bond donors (Lipinski definition) is 1. The average molecular weight is 283 g/mol. The van der Waals surface area contributed by atoms with E-state index < -0.39 is 9.84 Å². The fourth-order valence-corrected chi connectivity index (χ4v) is 3.49. The Hall–Kier alpha value is -0.910. The van der Waals surface area contributed by atoms with Crippen molar-refractivity contribution >= 4 is 9.84 Å². The predicted octanol–water partition coefficient (Wildman–Crippen LogP) is 1.62. The van der Waals surface area contributed by atoms with Crippen LogP contribution in [0.15, 0.2) is 35.2 Å². The van der Waals surface area contributed by atoms with Gasteiger partial charge in [-0.3, -0.25) is 0 Å². The number of rotatable bonds is 6. The third-order valence-electron chi connectivity index (χ3n) is 3.46. The van der Waals surface area contributed by atoms with Crippen LogP contribution in [0.25, 0.3) is 0 Å². The number of hydrogen-bond acceptors (Lipinski definition) is 4. The van der Waals surface area contributed by atoms with Crippen molar-refractivity contribution in [1.29, 1.82) is 0 Å². The molecular weight excluding hydrogens is 262 g/mol. The van der Waals surface area contributed by atoms with Gasteiger partial charge < -0.3 is 10.1 Å². The molecule has 1 aliphatic rings. The molecule has 0 aromatic heterocycles. The summed E-state index contributed by atoms with van der Waals surface area (Å²) in [6.07, 6.45) is 2.37. The van der Waals surface area contributed by atoms with Crippen molar-refractivity contribution in [2.24, 2.45) is 0 Å². The molecule has 19 heavy (non-hydrogen) atoms. The van der Waals surface area contributed by atoms with E-state index in [1.165, 1.54) is 0 Å². The molecular formula is C14H21NO3S. The van der Waals surface area contributed by atoms with Gasteiger partial charge in [-0.15, -0.1) is 0 Å². The summed E-state index contributed by atoms with van der Waals surface area (Å²) in [6, 6.07) is 8.78. The second kappa shape index (κ2) is 6.50. The van der Waals surface area contributed by atoms with E-state index >= 15 is 0 Å². The van der Waals surface area contributed by atoms with Gasteiger partial charge in [0.1, 0.15) is 0 Å². The normalized spacial score (nSPS) is 21.4. The first-order valence-corrected chi connectivity index (χ1v) is 8.37. The zero-order chi connectivity index (χ0) is 13.7. The fourth-order valence-electron chi connectivity index (χ4n) is 2.29. The molecule has 106 valence electrons. The summed E-state index contributed by atoms with van der Waals surface area (Å²) in [7, 11) is -3.18. The summed E-state index contributed by atoms with van der Waals surface area (Å²) in [5.41, 5.74) is 0. The summed E-state index contributed by atoms with van der Waals surface area (Å²) in [6.45, 7) is 3.32. The van der Waals surface area contributed by atoms with Crippen molar-refractivity contribution in [2.45, 2.75) is 36.8 Å². The molecule has 0 amide bonds. The van der Waals surface area contributed by atoms with Crippen LogP contribution in [0, 0.1) is 0 Å². The van der Waals surface area contributed by atoms with Crippen LogP contribution < -0.4 is 5.32 Å². The lowest BCUT2D eigenvalue weighted by Gasteiger charge is -2.19. The summed E-state index contributed by atoms with van der Waals surface area (Å²) in [4.78, 5) is 0.390. The Labute approximate surface area is 115 Å². The first-order chi connectivity index (χ1) is 9.09. The second-order valence-electron chi connectivity index (χ2n) is 4.93. The quantitative estimate of drug-likeness (QED) is 0.862. The van der Waals surface area contributed by atoms with Gasteiger partial charge in [-0.1, -0.05) is 18.2 Å². The molecule has 0 aliphatic carbocycles. The van der Waals surface area contributed by atoms with Crippen LogP contribution in [0.4, 0.5) is 0 Å². The summed E-state index contributed by atoms with van der Waals surface area (Å²) >= 11 is 0. The zero-order valence-electron chi connectivity index (χ0n) is 11.2. The molecule has 0 unspecified atom stereocenters. The Morgan fingerprint density at radius 3 is 2.74 bits per heavy atom. The van der Waals surface area contributed by atoms with Gasteiger partial charge in [0.2, 0.25) is 0 Å². The van der Waals surface area contributed by atoms with Crippen molar-refractivity contribution in [1.82, 2.24) is 5.32 Å². The van der Waals surface area contributed by atoms with Crippen molar-refractivity contribution in [2.75, 3.05) is 18.9 Å². The van der Waals surface area contributed by atoms with E-state index in [9.17, 15) is 8.42 Å². The molecule has 1 aromatic rings. The van der Waals surface area contributed by atoms with Gasteiger partial charge in [0.05, 0.1) is 16.8 Å². The predicted molar refractivity (Wildman–Crippen MR) is 74.9 cm³/mol. The lowest BCUT2D eigenvalue weighted by atomic mass is 10.1. The van der Waals surface area contributed by atoms with Crippen molar-refractivity contribution in [3.8, 4) is 0 Å². The topological polar surface area (TPSA) is 55.4 Å². The van der Waals surface area contributed by atoms with E-state index in [4.69, 9.17) is 4.74 Å². The standard InChI is InChI=1S/C14H21NO3S/c1-12(14-8-5-10-18-14)15-9-11-19(16,17)13-6-3-2-4-7-13/h2-4,6-7,12,14-15H,5,8-11H2,1H3/t12-,14+/m1/s1. The number of sulfone groups is 1. The molecule has 1 aliphatic heterocycles. The highest BCUT2D eigenvalue weighted by molar-refractivity contribution is 7.91. The maximum absolute atomic E-state index is 12.1. The molecule has 0 saturated carbocycles. The van der Waals surface area contributed by atoms with Crippen LogP contribution in [0.1, 0.15) is 19.8 Å². The van der Waals surface area contributed by atoms with Crippen molar-refractivity contribution < 1.29 is 13.2 Å². The molecule has 2 atom stereocenters. The summed E-state index contributed by atoms with van der Waals surface area (Å²) in [5.74, 6) is 0.119. The highest BCUT2D eigenvalue weighted by Gasteiger charge is 2.22. The average Bonchev–Trinajstić information content (AvgIpc) is 2.93. The molecule has 0 spiro atoms.